The predicted molar refractivity (Wildman–Crippen MR) is 119 cm³/mol. The topological polar surface area (TPSA) is 121 Å². The minimum Gasteiger partial charge on any atom is -0.456 e. The van der Waals surface area contributed by atoms with Crippen molar-refractivity contribution in [3.05, 3.63) is 42.5 Å². The summed E-state index contributed by atoms with van der Waals surface area (Å²) in [7, 11) is -3.62. The van der Waals surface area contributed by atoms with E-state index in [1.807, 2.05) is 12.2 Å². The smallest absolute Gasteiger partial charge is 0.308 e. The van der Waals surface area contributed by atoms with Crippen molar-refractivity contribution in [2.75, 3.05) is 39.3 Å². The SMILES string of the molecule is O=C(CCN1C(=O)C2CC=CCC2C1=O)OCC(=O)N1CCN(S(=O)(=O)c2ccccc2)CC1. The molecule has 0 saturated carbocycles. The van der Waals surface area contributed by atoms with Gasteiger partial charge >= 0.3 is 5.97 Å². The number of hydrogen-bond donors (Lipinski definition) is 0. The third-order valence-electron chi connectivity index (χ3n) is 6.47. The van der Waals surface area contributed by atoms with Crippen LogP contribution in [0.15, 0.2) is 47.4 Å². The summed E-state index contributed by atoms with van der Waals surface area (Å²) < 4.78 is 31.7. The standard InChI is InChI=1S/C23H27N3O7S/c27-20(24-12-14-25(15-13-24)34(31,32)17-6-2-1-3-7-17)16-33-21(28)10-11-26-22(29)18-8-4-5-9-19(18)23(26)30/h1-7,18-19H,8-16H2. The van der Waals surface area contributed by atoms with E-state index < -0.39 is 28.5 Å². The predicted octanol–water partition coefficient (Wildman–Crippen LogP) is 0.404. The molecule has 3 aliphatic rings. The fourth-order valence-electron chi connectivity index (χ4n) is 4.52. The Kier molecular flexibility index (Phi) is 7.13. The molecule has 1 aromatic rings. The Balaban J connectivity index is 1.20. The summed E-state index contributed by atoms with van der Waals surface area (Å²) in [5.74, 6) is -2.31. The first-order chi connectivity index (χ1) is 16.3. The van der Waals surface area contributed by atoms with Gasteiger partial charge in [0.15, 0.2) is 6.61 Å². The van der Waals surface area contributed by atoms with Crippen LogP contribution < -0.4 is 0 Å². The van der Waals surface area contributed by atoms with Crippen LogP contribution in [-0.2, 0) is 33.9 Å². The number of nitrogens with zero attached hydrogens (tertiary/aromatic N) is 3. The van der Waals surface area contributed by atoms with Gasteiger partial charge in [-0.1, -0.05) is 30.4 Å². The lowest BCUT2D eigenvalue weighted by Gasteiger charge is -2.33. The van der Waals surface area contributed by atoms with Gasteiger partial charge in [0.2, 0.25) is 21.8 Å². The van der Waals surface area contributed by atoms with Crippen molar-refractivity contribution in [1.82, 2.24) is 14.1 Å². The van der Waals surface area contributed by atoms with Gasteiger partial charge in [-0.25, -0.2) is 8.42 Å². The van der Waals surface area contributed by atoms with Gasteiger partial charge in [-0.15, -0.1) is 0 Å². The number of carbonyl (C=O) groups excluding carboxylic acids is 4. The molecule has 1 aromatic carbocycles. The highest BCUT2D eigenvalue weighted by molar-refractivity contribution is 7.89. The largest absolute Gasteiger partial charge is 0.456 e. The molecule has 34 heavy (non-hydrogen) atoms. The van der Waals surface area contributed by atoms with Crippen LogP contribution in [0, 0.1) is 11.8 Å². The molecule has 0 N–H and O–H groups in total. The number of likely N-dealkylation sites (tertiary alicyclic amines) is 1. The second-order valence-corrected chi connectivity index (χ2v) is 10.4. The van der Waals surface area contributed by atoms with Gasteiger partial charge < -0.3 is 9.64 Å². The number of esters is 1. The summed E-state index contributed by atoms with van der Waals surface area (Å²) in [4.78, 5) is 52.2. The molecule has 2 unspecified atom stereocenters. The zero-order valence-corrected chi connectivity index (χ0v) is 19.5. The fraction of sp³-hybridized carbons (Fsp3) is 0.478. The van der Waals surface area contributed by atoms with E-state index in [1.54, 1.807) is 18.2 Å². The van der Waals surface area contributed by atoms with Crippen molar-refractivity contribution in [2.45, 2.75) is 24.2 Å². The number of rotatable bonds is 7. The summed E-state index contributed by atoms with van der Waals surface area (Å²) >= 11 is 0. The fourth-order valence-corrected chi connectivity index (χ4v) is 5.96. The van der Waals surface area contributed by atoms with Crippen LogP contribution in [-0.4, -0.2) is 85.5 Å². The van der Waals surface area contributed by atoms with Crippen molar-refractivity contribution in [1.29, 1.82) is 0 Å². The molecule has 0 radical (unpaired) electrons. The van der Waals surface area contributed by atoms with Gasteiger partial charge in [-0.2, -0.15) is 4.31 Å². The zero-order valence-electron chi connectivity index (χ0n) is 18.7. The molecule has 2 atom stereocenters. The van der Waals surface area contributed by atoms with Gasteiger partial charge in [-0.3, -0.25) is 24.1 Å². The summed E-state index contributed by atoms with van der Waals surface area (Å²) in [5.41, 5.74) is 0. The van der Waals surface area contributed by atoms with Gasteiger partial charge in [0.25, 0.3) is 5.91 Å². The molecule has 0 spiro atoms. The Morgan fingerprint density at radius 1 is 0.912 bits per heavy atom. The maximum atomic E-state index is 12.7. The Morgan fingerprint density at radius 3 is 2.09 bits per heavy atom. The van der Waals surface area contributed by atoms with Crippen molar-refractivity contribution in [3.8, 4) is 0 Å². The Bertz CT molecular complexity index is 1070. The highest BCUT2D eigenvalue weighted by Gasteiger charge is 2.47. The number of piperazine rings is 1. The van der Waals surface area contributed by atoms with Gasteiger partial charge in [-0.05, 0) is 25.0 Å². The molecule has 2 aliphatic heterocycles. The summed E-state index contributed by atoms with van der Waals surface area (Å²) in [6.07, 6.45) is 4.68. The molecule has 11 heteroatoms. The monoisotopic (exact) mass is 489 g/mol. The third-order valence-corrected chi connectivity index (χ3v) is 8.38. The molecule has 2 saturated heterocycles. The van der Waals surface area contributed by atoms with Crippen molar-refractivity contribution in [2.24, 2.45) is 11.8 Å². The highest BCUT2D eigenvalue weighted by atomic mass is 32.2. The number of sulfonamides is 1. The van der Waals surface area contributed by atoms with Gasteiger partial charge in [0.1, 0.15) is 0 Å². The molecule has 2 fully saturated rings. The summed E-state index contributed by atoms with van der Waals surface area (Å²) in [6, 6.07) is 8.10. The Morgan fingerprint density at radius 2 is 1.50 bits per heavy atom. The molecule has 2 heterocycles. The molecule has 0 aromatic heterocycles. The van der Waals surface area contributed by atoms with E-state index >= 15 is 0 Å². The molecule has 3 amide bonds. The lowest BCUT2D eigenvalue weighted by Crippen LogP contribution is -2.51. The number of ether oxygens (including phenoxy) is 1. The average molecular weight is 490 g/mol. The Hall–Kier alpha value is -3.05. The minimum atomic E-state index is -3.62. The van der Waals surface area contributed by atoms with Crippen LogP contribution in [0.1, 0.15) is 19.3 Å². The van der Waals surface area contributed by atoms with Crippen molar-refractivity contribution in [3.63, 3.8) is 0 Å². The molecular formula is C23H27N3O7S. The lowest BCUT2D eigenvalue weighted by molar-refractivity contribution is -0.153. The maximum Gasteiger partial charge on any atom is 0.308 e. The molecule has 182 valence electrons. The average Bonchev–Trinajstić information content (AvgIpc) is 3.11. The molecule has 0 bridgehead atoms. The molecule has 4 rings (SSSR count). The molecule has 1 aliphatic carbocycles. The number of imide groups is 1. The number of carbonyl (C=O) groups is 4. The van der Waals surface area contributed by atoms with Crippen LogP contribution in [0.5, 0.6) is 0 Å². The third kappa shape index (κ3) is 4.90. The first-order valence-corrected chi connectivity index (χ1v) is 12.7. The number of benzene rings is 1. The zero-order chi connectivity index (χ0) is 24.3. The first kappa shape index (κ1) is 24.1. The molecule has 10 nitrogen and oxygen atoms in total. The maximum absolute atomic E-state index is 12.7. The highest BCUT2D eigenvalue weighted by Crippen LogP contribution is 2.35. The lowest BCUT2D eigenvalue weighted by atomic mass is 9.85. The number of fused-ring (bicyclic) bond motifs is 1. The second kappa shape index (κ2) is 10.1. The van der Waals surface area contributed by atoms with Crippen LogP contribution >= 0.6 is 0 Å². The van der Waals surface area contributed by atoms with Crippen LogP contribution in [0.4, 0.5) is 0 Å². The van der Waals surface area contributed by atoms with E-state index in [9.17, 15) is 27.6 Å². The van der Waals surface area contributed by atoms with Crippen LogP contribution in [0.2, 0.25) is 0 Å². The van der Waals surface area contributed by atoms with Gasteiger partial charge in [0, 0.05) is 32.7 Å². The van der Waals surface area contributed by atoms with E-state index in [4.69, 9.17) is 4.74 Å². The number of allylic oxidation sites excluding steroid dienone is 2. The van der Waals surface area contributed by atoms with Crippen LogP contribution in [0.25, 0.3) is 0 Å². The summed E-state index contributed by atoms with van der Waals surface area (Å²) in [6.45, 7) is 0.141. The van der Waals surface area contributed by atoms with E-state index in [1.165, 1.54) is 21.3 Å². The number of hydrogen-bond acceptors (Lipinski definition) is 7. The second-order valence-electron chi connectivity index (χ2n) is 8.49. The molecular weight excluding hydrogens is 462 g/mol. The van der Waals surface area contributed by atoms with E-state index in [0.29, 0.717) is 12.8 Å². The Labute approximate surface area is 198 Å². The van der Waals surface area contributed by atoms with Crippen LogP contribution in [0.3, 0.4) is 0 Å². The van der Waals surface area contributed by atoms with E-state index in [-0.39, 0.29) is 67.7 Å². The van der Waals surface area contributed by atoms with Crippen molar-refractivity contribution >= 4 is 33.7 Å². The van der Waals surface area contributed by atoms with Gasteiger partial charge in [0.05, 0.1) is 23.2 Å². The minimum absolute atomic E-state index is 0.0618. The quantitative estimate of drug-likeness (QED) is 0.309. The van der Waals surface area contributed by atoms with E-state index in [0.717, 1.165) is 4.90 Å². The summed E-state index contributed by atoms with van der Waals surface area (Å²) in [5, 5.41) is 0. The van der Waals surface area contributed by atoms with Crippen molar-refractivity contribution < 1.29 is 32.3 Å². The van der Waals surface area contributed by atoms with E-state index in [2.05, 4.69) is 0 Å². The first-order valence-electron chi connectivity index (χ1n) is 11.3. The normalized spacial score (nSPS) is 23.2. The number of amides is 3.